The molecule has 1 fully saturated rings. The molecule has 0 spiro atoms. The number of carbonyl (C=O) groups excluding carboxylic acids is 1. The molecule has 0 bridgehead atoms. The zero-order valence-electron chi connectivity index (χ0n) is 11.5. The van der Waals surface area contributed by atoms with Gasteiger partial charge in [0.15, 0.2) is 0 Å². The Hall–Kier alpha value is -2.15. The number of morpholine rings is 1. The predicted octanol–water partition coefficient (Wildman–Crippen LogP) is 2.08. The van der Waals surface area contributed by atoms with Gasteiger partial charge in [-0.15, -0.1) is 0 Å². The predicted molar refractivity (Wildman–Crippen MR) is 74.0 cm³/mol. The Kier molecular flexibility index (Phi) is 4.19. The summed E-state index contributed by atoms with van der Waals surface area (Å²) in [6.45, 7) is 5.61. The van der Waals surface area contributed by atoms with Gasteiger partial charge in [-0.1, -0.05) is 0 Å². The number of nitrogens with zero attached hydrogens (tertiary/aromatic N) is 2. The number of nitro groups is 1. The minimum atomic E-state index is -0.485. The Morgan fingerprint density at radius 1 is 1.30 bits per heavy atom. The number of ether oxygens (including phenoxy) is 1. The van der Waals surface area contributed by atoms with Crippen molar-refractivity contribution in [1.82, 2.24) is 4.90 Å². The normalized spacial score (nSPS) is 15.0. The Morgan fingerprint density at radius 3 is 2.50 bits per heavy atom. The molecule has 2 rings (SSSR count). The van der Waals surface area contributed by atoms with E-state index in [0.29, 0.717) is 26.3 Å². The fourth-order valence-corrected chi connectivity index (χ4v) is 2.01. The average molecular weight is 279 g/mol. The molecule has 7 nitrogen and oxygen atoms in total. The van der Waals surface area contributed by atoms with Gasteiger partial charge in [0.2, 0.25) is 0 Å². The van der Waals surface area contributed by atoms with Crippen molar-refractivity contribution in [2.45, 2.75) is 13.8 Å². The maximum absolute atomic E-state index is 12.1. The van der Waals surface area contributed by atoms with Crippen molar-refractivity contribution in [3.63, 3.8) is 0 Å². The number of anilines is 1. The van der Waals surface area contributed by atoms with Gasteiger partial charge in [-0.25, -0.2) is 4.79 Å². The summed E-state index contributed by atoms with van der Waals surface area (Å²) in [4.78, 5) is 24.2. The summed E-state index contributed by atoms with van der Waals surface area (Å²) in [7, 11) is 0. The second-order valence-electron chi connectivity index (χ2n) is 4.74. The largest absolute Gasteiger partial charge is 0.378 e. The molecule has 1 N–H and O–H groups in total. The molecular formula is C13H17N3O4. The van der Waals surface area contributed by atoms with E-state index in [-0.39, 0.29) is 17.4 Å². The molecule has 0 radical (unpaired) electrons. The molecule has 1 aromatic rings. The molecule has 0 saturated carbocycles. The fourth-order valence-electron chi connectivity index (χ4n) is 2.01. The molecule has 0 unspecified atom stereocenters. The lowest BCUT2D eigenvalue weighted by Crippen LogP contribution is -2.43. The zero-order chi connectivity index (χ0) is 14.7. The lowest BCUT2D eigenvalue weighted by atomic mass is 10.1. The number of nitro benzene ring substituents is 1. The van der Waals surface area contributed by atoms with Gasteiger partial charge in [0, 0.05) is 19.2 Å². The third-order valence-corrected chi connectivity index (χ3v) is 3.35. The van der Waals surface area contributed by atoms with Crippen molar-refractivity contribution in [3.8, 4) is 0 Å². The average Bonchev–Trinajstić information content (AvgIpc) is 2.43. The van der Waals surface area contributed by atoms with Crippen LogP contribution in [-0.2, 0) is 4.74 Å². The monoisotopic (exact) mass is 279 g/mol. The van der Waals surface area contributed by atoms with Gasteiger partial charge in [-0.2, -0.15) is 0 Å². The second-order valence-corrected chi connectivity index (χ2v) is 4.74. The van der Waals surface area contributed by atoms with Gasteiger partial charge in [-0.05, 0) is 31.0 Å². The number of nitrogens with one attached hydrogen (secondary N) is 1. The highest BCUT2D eigenvalue weighted by atomic mass is 16.6. The van der Waals surface area contributed by atoms with E-state index >= 15 is 0 Å². The molecule has 0 aromatic heterocycles. The van der Waals surface area contributed by atoms with E-state index < -0.39 is 4.92 Å². The lowest BCUT2D eigenvalue weighted by molar-refractivity contribution is -0.384. The van der Waals surface area contributed by atoms with Crippen LogP contribution in [0.2, 0.25) is 0 Å². The molecule has 1 aliphatic heterocycles. The van der Waals surface area contributed by atoms with E-state index in [4.69, 9.17) is 4.74 Å². The maximum atomic E-state index is 12.1. The summed E-state index contributed by atoms with van der Waals surface area (Å²) >= 11 is 0. The molecule has 0 aliphatic carbocycles. The molecule has 2 amide bonds. The quantitative estimate of drug-likeness (QED) is 0.663. The summed E-state index contributed by atoms with van der Waals surface area (Å²) in [5.41, 5.74) is 1.86. The smallest absolute Gasteiger partial charge is 0.322 e. The highest BCUT2D eigenvalue weighted by Crippen LogP contribution is 2.28. The van der Waals surface area contributed by atoms with E-state index in [0.717, 1.165) is 11.1 Å². The van der Waals surface area contributed by atoms with Crippen molar-refractivity contribution in [1.29, 1.82) is 0 Å². The van der Waals surface area contributed by atoms with Gasteiger partial charge >= 0.3 is 6.03 Å². The van der Waals surface area contributed by atoms with Gasteiger partial charge in [0.25, 0.3) is 5.69 Å². The number of hydrogen-bond acceptors (Lipinski definition) is 4. The van der Waals surface area contributed by atoms with Crippen molar-refractivity contribution in [2.24, 2.45) is 0 Å². The maximum Gasteiger partial charge on any atom is 0.322 e. The first kappa shape index (κ1) is 14.3. The van der Waals surface area contributed by atoms with Crippen molar-refractivity contribution >= 4 is 17.4 Å². The topological polar surface area (TPSA) is 84.7 Å². The molecule has 20 heavy (non-hydrogen) atoms. The molecule has 1 heterocycles. The van der Waals surface area contributed by atoms with Crippen LogP contribution >= 0.6 is 0 Å². The van der Waals surface area contributed by atoms with Crippen LogP contribution in [0.15, 0.2) is 12.1 Å². The van der Waals surface area contributed by atoms with Crippen LogP contribution in [0.25, 0.3) is 0 Å². The van der Waals surface area contributed by atoms with Crippen LogP contribution in [0.4, 0.5) is 16.2 Å². The summed E-state index contributed by atoms with van der Waals surface area (Å²) in [5.74, 6) is 0. The zero-order valence-corrected chi connectivity index (χ0v) is 11.5. The Morgan fingerprint density at radius 2 is 1.90 bits per heavy atom. The third-order valence-electron chi connectivity index (χ3n) is 3.35. The van der Waals surface area contributed by atoms with Gasteiger partial charge in [0.1, 0.15) is 5.69 Å². The summed E-state index contributed by atoms with van der Waals surface area (Å²) < 4.78 is 5.17. The fraction of sp³-hybridized carbons (Fsp3) is 0.462. The summed E-state index contributed by atoms with van der Waals surface area (Å²) in [6.07, 6.45) is 0. The Labute approximate surface area is 116 Å². The Balaban J connectivity index is 2.21. The minimum absolute atomic E-state index is 0.0882. The molecular weight excluding hydrogens is 262 g/mol. The van der Waals surface area contributed by atoms with Gasteiger partial charge in [-0.3, -0.25) is 10.1 Å². The first-order chi connectivity index (χ1) is 9.49. The molecule has 108 valence electrons. The molecule has 7 heteroatoms. The Bertz CT molecular complexity index is 539. The number of rotatable bonds is 2. The van der Waals surface area contributed by atoms with E-state index in [1.54, 1.807) is 17.9 Å². The van der Waals surface area contributed by atoms with Crippen molar-refractivity contribution in [2.75, 3.05) is 31.6 Å². The summed E-state index contributed by atoms with van der Waals surface area (Å²) in [6, 6.07) is 2.77. The van der Waals surface area contributed by atoms with Crippen LogP contribution < -0.4 is 5.32 Å². The van der Waals surface area contributed by atoms with E-state index in [9.17, 15) is 14.9 Å². The first-order valence-electron chi connectivity index (χ1n) is 6.38. The first-order valence-corrected chi connectivity index (χ1v) is 6.38. The minimum Gasteiger partial charge on any atom is -0.378 e. The number of aryl methyl sites for hydroxylation is 2. The highest BCUT2D eigenvalue weighted by molar-refractivity contribution is 5.92. The van der Waals surface area contributed by atoms with Crippen LogP contribution in [0.5, 0.6) is 0 Å². The number of amides is 2. The third kappa shape index (κ3) is 3.05. The number of urea groups is 1. The van der Waals surface area contributed by atoms with Crippen molar-refractivity contribution in [3.05, 3.63) is 33.4 Å². The van der Waals surface area contributed by atoms with Crippen LogP contribution in [-0.4, -0.2) is 42.2 Å². The van der Waals surface area contributed by atoms with Gasteiger partial charge in [0.05, 0.1) is 18.1 Å². The number of hydrogen-bond donors (Lipinski definition) is 1. The SMILES string of the molecule is Cc1cc(NC(=O)N2CCOCC2)c([N+](=O)[O-])cc1C. The van der Waals surface area contributed by atoms with Gasteiger partial charge < -0.3 is 15.0 Å². The second kappa shape index (κ2) is 5.87. The molecule has 1 saturated heterocycles. The molecule has 0 atom stereocenters. The van der Waals surface area contributed by atoms with Crippen molar-refractivity contribution < 1.29 is 14.5 Å². The van der Waals surface area contributed by atoms with Crippen LogP contribution in [0.1, 0.15) is 11.1 Å². The number of carbonyl (C=O) groups is 1. The molecule has 1 aromatic carbocycles. The highest BCUT2D eigenvalue weighted by Gasteiger charge is 2.21. The standard InChI is InChI=1S/C13H17N3O4/c1-9-7-11(12(16(18)19)8-10(9)2)14-13(17)15-3-5-20-6-4-15/h7-8H,3-6H2,1-2H3,(H,14,17). The lowest BCUT2D eigenvalue weighted by Gasteiger charge is -2.26. The van der Waals surface area contributed by atoms with E-state index in [1.807, 2.05) is 6.92 Å². The van der Waals surface area contributed by atoms with E-state index in [1.165, 1.54) is 6.07 Å². The van der Waals surface area contributed by atoms with Crippen LogP contribution in [0.3, 0.4) is 0 Å². The van der Waals surface area contributed by atoms with Crippen LogP contribution in [0, 0.1) is 24.0 Å². The summed E-state index contributed by atoms with van der Waals surface area (Å²) in [5, 5.41) is 13.7. The number of benzene rings is 1. The molecule has 1 aliphatic rings. The van der Waals surface area contributed by atoms with E-state index in [2.05, 4.69) is 5.32 Å².